The summed E-state index contributed by atoms with van der Waals surface area (Å²) in [5.41, 5.74) is 1.08. The second-order valence-electron chi connectivity index (χ2n) is 2.69. The Morgan fingerprint density at radius 3 is 3.07 bits per heavy atom. The van der Waals surface area contributed by atoms with E-state index in [0.29, 0.717) is 23.4 Å². The van der Waals surface area contributed by atoms with E-state index in [9.17, 15) is 4.79 Å². The van der Waals surface area contributed by atoms with E-state index in [1.165, 1.54) is 13.3 Å². The molecule has 1 aromatic rings. The predicted octanol–water partition coefficient (Wildman–Crippen LogP) is 1.85. The summed E-state index contributed by atoms with van der Waals surface area (Å²) >= 11 is 5.48. The van der Waals surface area contributed by atoms with Crippen LogP contribution in [0.2, 0.25) is 0 Å². The molecule has 78 valence electrons. The van der Waals surface area contributed by atoms with Crippen molar-refractivity contribution in [1.29, 1.82) is 0 Å². The average Bonchev–Trinajstić information content (AvgIpc) is 2.29. The third-order valence-electron chi connectivity index (χ3n) is 1.61. The molecule has 3 nitrogen and oxygen atoms in total. The van der Waals surface area contributed by atoms with Gasteiger partial charge in [-0.2, -0.15) is 0 Å². The lowest BCUT2D eigenvalue weighted by molar-refractivity contribution is 0.0600. The minimum Gasteiger partial charge on any atom is -0.465 e. The van der Waals surface area contributed by atoms with E-state index in [0.717, 1.165) is 0 Å². The molecule has 0 radical (unpaired) electrons. The van der Waals surface area contributed by atoms with Crippen LogP contribution >= 0.6 is 11.6 Å². The van der Waals surface area contributed by atoms with E-state index < -0.39 is 5.97 Å². The van der Waals surface area contributed by atoms with Gasteiger partial charge in [-0.15, -0.1) is 11.6 Å². The average molecular weight is 224 g/mol. The van der Waals surface area contributed by atoms with Gasteiger partial charge in [0.25, 0.3) is 0 Å². The Morgan fingerprint density at radius 2 is 2.40 bits per heavy atom. The molecule has 4 heteroatoms. The molecule has 0 amide bonds. The number of nitrogens with zero attached hydrogens (tertiary/aromatic N) is 1. The van der Waals surface area contributed by atoms with E-state index >= 15 is 0 Å². The van der Waals surface area contributed by atoms with E-state index in [1.54, 1.807) is 12.3 Å². The van der Waals surface area contributed by atoms with Gasteiger partial charge in [0.2, 0.25) is 0 Å². The second kappa shape index (κ2) is 6.05. The number of hydrogen-bond acceptors (Lipinski definition) is 3. The Hall–Kier alpha value is -1.53. The molecule has 0 aliphatic heterocycles. The lowest BCUT2D eigenvalue weighted by Crippen LogP contribution is -2.01. The summed E-state index contributed by atoms with van der Waals surface area (Å²) in [6, 6.07) is 1.64. The van der Waals surface area contributed by atoms with Crippen molar-refractivity contribution < 1.29 is 9.53 Å². The molecule has 0 spiro atoms. The van der Waals surface area contributed by atoms with Gasteiger partial charge in [-0.1, -0.05) is 11.8 Å². The summed E-state index contributed by atoms with van der Waals surface area (Å²) in [6.45, 7) is 0. The summed E-state index contributed by atoms with van der Waals surface area (Å²) in [5.74, 6) is 5.81. The number of ether oxygens (including phenoxy) is 1. The van der Waals surface area contributed by atoms with Crippen LogP contribution in [0.5, 0.6) is 0 Å². The number of pyridine rings is 1. The van der Waals surface area contributed by atoms with Crippen molar-refractivity contribution in [2.45, 2.75) is 6.42 Å². The zero-order valence-corrected chi connectivity index (χ0v) is 9.04. The van der Waals surface area contributed by atoms with Crippen LogP contribution in [0.4, 0.5) is 0 Å². The first-order valence-electron chi connectivity index (χ1n) is 4.36. The Balaban J connectivity index is 2.84. The predicted molar refractivity (Wildman–Crippen MR) is 57.8 cm³/mol. The van der Waals surface area contributed by atoms with Gasteiger partial charge >= 0.3 is 5.97 Å². The smallest absolute Gasteiger partial charge is 0.339 e. The fourth-order valence-electron chi connectivity index (χ4n) is 0.950. The third-order valence-corrected chi connectivity index (χ3v) is 1.80. The van der Waals surface area contributed by atoms with Crippen molar-refractivity contribution in [3.05, 3.63) is 29.6 Å². The highest BCUT2D eigenvalue weighted by atomic mass is 35.5. The minimum absolute atomic E-state index is 0.398. The van der Waals surface area contributed by atoms with E-state index in [-0.39, 0.29) is 0 Å². The standard InChI is InChI=1S/C11H10ClNO2/c1-15-11(14)10-6-9(7-13-8-10)4-2-3-5-12/h6-8H,3,5H2,1H3. The number of aromatic nitrogens is 1. The number of hydrogen-bond donors (Lipinski definition) is 0. The SMILES string of the molecule is COC(=O)c1cncc(C#CCCCl)c1. The van der Waals surface area contributed by atoms with Crippen molar-refractivity contribution in [2.75, 3.05) is 13.0 Å². The largest absolute Gasteiger partial charge is 0.465 e. The van der Waals surface area contributed by atoms with Gasteiger partial charge in [-0.25, -0.2) is 4.79 Å². The molecule has 1 rings (SSSR count). The fourth-order valence-corrected chi connectivity index (χ4v) is 1.04. The molecule has 0 aliphatic rings. The Morgan fingerprint density at radius 1 is 1.60 bits per heavy atom. The summed E-state index contributed by atoms with van der Waals surface area (Å²) in [6.07, 6.45) is 3.65. The van der Waals surface area contributed by atoms with E-state index in [4.69, 9.17) is 11.6 Å². The summed E-state index contributed by atoms with van der Waals surface area (Å²) in [4.78, 5) is 15.1. The molecule has 15 heavy (non-hydrogen) atoms. The lowest BCUT2D eigenvalue weighted by atomic mass is 10.2. The van der Waals surface area contributed by atoms with Gasteiger partial charge in [0.15, 0.2) is 0 Å². The van der Waals surface area contributed by atoms with Crippen LogP contribution in [0.15, 0.2) is 18.5 Å². The van der Waals surface area contributed by atoms with Crippen molar-refractivity contribution in [1.82, 2.24) is 4.98 Å². The Bertz CT molecular complexity index is 407. The lowest BCUT2D eigenvalue weighted by Gasteiger charge is -1.97. The van der Waals surface area contributed by atoms with Crippen LogP contribution in [0.1, 0.15) is 22.3 Å². The van der Waals surface area contributed by atoms with Crippen LogP contribution in [0.25, 0.3) is 0 Å². The van der Waals surface area contributed by atoms with Gasteiger partial charge in [-0.3, -0.25) is 4.98 Å². The van der Waals surface area contributed by atoms with E-state index in [1.807, 2.05) is 0 Å². The zero-order chi connectivity index (χ0) is 11.1. The molecule has 0 atom stereocenters. The topological polar surface area (TPSA) is 39.2 Å². The molecule has 0 unspecified atom stereocenters. The molecule has 0 saturated heterocycles. The quantitative estimate of drug-likeness (QED) is 0.436. The highest BCUT2D eigenvalue weighted by Crippen LogP contribution is 2.02. The van der Waals surface area contributed by atoms with Gasteiger partial charge < -0.3 is 4.74 Å². The van der Waals surface area contributed by atoms with Crippen LogP contribution in [0.3, 0.4) is 0 Å². The van der Waals surface area contributed by atoms with Crippen LogP contribution in [-0.2, 0) is 4.74 Å². The van der Waals surface area contributed by atoms with Gasteiger partial charge in [0.05, 0.1) is 12.7 Å². The third kappa shape index (κ3) is 3.61. The number of alkyl halides is 1. The monoisotopic (exact) mass is 223 g/mol. The number of carbonyl (C=O) groups is 1. The summed E-state index contributed by atoms with van der Waals surface area (Å²) in [7, 11) is 1.33. The first-order valence-corrected chi connectivity index (χ1v) is 4.89. The second-order valence-corrected chi connectivity index (χ2v) is 3.07. The maximum atomic E-state index is 11.2. The highest BCUT2D eigenvalue weighted by molar-refractivity contribution is 6.18. The molecule has 0 N–H and O–H groups in total. The van der Waals surface area contributed by atoms with Crippen LogP contribution in [0, 0.1) is 11.8 Å². The molecular weight excluding hydrogens is 214 g/mol. The van der Waals surface area contributed by atoms with Crippen LogP contribution < -0.4 is 0 Å². The molecular formula is C11H10ClNO2. The number of carbonyl (C=O) groups excluding carboxylic acids is 1. The Kier molecular flexibility index (Phi) is 4.65. The van der Waals surface area contributed by atoms with Crippen molar-refractivity contribution >= 4 is 17.6 Å². The molecule has 0 aromatic carbocycles. The molecule has 0 saturated carbocycles. The van der Waals surface area contributed by atoms with Crippen molar-refractivity contribution in [2.24, 2.45) is 0 Å². The highest BCUT2D eigenvalue weighted by Gasteiger charge is 2.04. The van der Waals surface area contributed by atoms with Gasteiger partial charge in [0, 0.05) is 30.3 Å². The normalized spacial score (nSPS) is 8.93. The first kappa shape index (κ1) is 11.5. The number of esters is 1. The van der Waals surface area contributed by atoms with Crippen molar-refractivity contribution in [3.63, 3.8) is 0 Å². The van der Waals surface area contributed by atoms with E-state index in [2.05, 4.69) is 21.6 Å². The summed E-state index contributed by atoms with van der Waals surface area (Å²) in [5, 5.41) is 0. The molecule has 0 bridgehead atoms. The van der Waals surface area contributed by atoms with Gasteiger partial charge in [-0.05, 0) is 6.07 Å². The Labute approximate surface area is 93.4 Å². The maximum Gasteiger partial charge on any atom is 0.339 e. The first-order chi connectivity index (χ1) is 7.27. The molecule has 1 heterocycles. The fraction of sp³-hybridized carbons (Fsp3) is 0.273. The van der Waals surface area contributed by atoms with Crippen LogP contribution in [-0.4, -0.2) is 23.9 Å². The number of halogens is 1. The molecule has 0 aliphatic carbocycles. The zero-order valence-electron chi connectivity index (χ0n) is 8.29. The minimum atomic E-state index is -0.413. The van der Waals surface area contributed by atoms with Crippen molar-refractivity contribution in [3.8, 4) is 11.8 Å². The summed E-state index contributed by atoms with van der Waals surface area (Å²) < 4.78 is 4.57. The molecule has 0 fully saturated rings. The molecule has 1 aromatic heterocycles. The number of rotatable bonds is 2. The maximum absolute atomic E-state index is 11.2. The van der Waals surface area contributed by atoms with Gasteiger partial charge in [0.1, 0.15) is 0 Å². The number of methoxy groups -OCH3 is 1.